The van der Waals surface area contributed by atoms with Crippen LogP contribution in [-0.2, 0) is 4.74 Å². The maximum Gasteiger partial charge on any atom is 0.251 e. The predicted molar refractivity (Wildman–Crippen MR) is 84.9 cm³/mol. The van der Waals surface area contributed by atoms with Crippen LogP contribution in [0.1, 0.15) is 22.8 Å². The molecule has 0 aliphatic carbocycles. The highest BCUT2D eigenvalue weighted by Gasteiger charge is 2.12. The van der Waals surface area contributed by atoms with E-state index in [9.17, 15) is 4.79 Å². The number of carbonyl (C=O) groups excluding carboxylic acids is 1. The summed E-state index contributed by atoms with van der Waals surface area (Å²) in [5.41, 5.74) is 2.80. The van der Waals surface area contributed by atoms with Gasteiger partial charge < -0.3 is 15.4 Å². The van der Waals surface area contributed by atoms with Gasteiger partial charge in [-0.15, -0.1) is 0 Å². The molecular weight excluding hydrogens is 266 g/mol. The highest BCUT2D eigenvalue weighted by molar-refractivity contribution is 5.96. The van der Waals surface area contributed by atoms with E-state index in [-0.39, 0.29) is 5.91 Å². The van der Waals surface area contributed by atoms with Crippen LogP contribution in [0.2, 0.25) is 0 Å². The lowest BCUT2D eigenvalue weighted by molar-refractivity contribution is 0.0383. The van der Waals surface area contributed by atoms with Crippen LogP contribution in [0.3, 0.4) is 0 Å². The van der Waals surface area contributed by atoms with Crippen LogP contribution in [0.5, 0.6) is 0 Å². The number of morpholine rings is 1. The van der Waals surface area contributed by atoms with Crippen molar-refractivity contribution in [2.75, 3.05) is 51.3 Å². The topological polar surface area (TPSA) is 53.6 Å². The predicted octanol–water partition coefficient (Wildman–Crippen LogP) is 1.49. The van der Waals surface area contributed by atoms with Gasteiger partial charge in [0, 0.05) is 44.0 Å². The van der Waals surface area contributed by atoms with Gasteiger partial charge in [-0.1, -0.05) is 0 Å². The molecule has 21 heavy (non-hydrogen) atoms. The number of ether oxygens (including phenoxy) is 1. The fraction of sp³-hybridized carbons (Fsp3) is 0.562. The van der Waals surface area contributed by atoms with Gasteiger partial charge in [-0.2, -0.15) is 0 Å². The van der Waals surface area contributed by atoms with Gasteiger partial charge in [0.05, 0.1) is 13.2 Å². The van der Waals surface area contributed by atoms with Crippen LogP contribution in [0, 0.1) is 6.92 Å². The zero-order valence-electron chi connectivity index (χ0n) is 12.9. The second kappa shape index (κ2) is 8.00. The first-order valence-electron chi connectivity index (χ1n) is 7.63. The Morgan fingerprint density at radius 1 is 1.33 bits per heavy atom. The van der Waals surface area contributed by atoms with Crippen molar-refractivity contribution < 1.29 is 9.53 Å². The molecular formula is C16H25N3O2. The number of carbonyl (C=O) groups is 1. The number of amides is 1. The van der Waals surface area contributed by atoms with Crippen molar-refractivity contribution in [2.24, 2.45) is 0 Å². The van der Waals surface area contributed by atoms with E-state index in [1.165, 1.54) is 0 Å². The van der Waals surface area contributed by atoms with Gasteiger partial charge in [-0.3, -0.25) is 9.69 Å². The van der Waals surface area contributed by atoms with Gasteiger partial charge in [0.2, 0.25) is 0 Å². The van der Waals surface area contributed by atoms with Crippen molar-refractivity contribution in [1.82, 2.24) is 10.2 Å². The zero-order valence-corrected chi connectivity index (χ0v) is 12.9. The van der Waals surface area contributed by atoms with Crippen molar-refractivity contribution in [3.63, 3.8) is 0 Å². The normalized spacial score (nSPS) is 15.7. The lowest BCUT2D eigenvalue weighted by atomic mass is 10.1. The Morgan fingerprint density at radius 3 is 2.76 bits per heavy atom. The number of nitrogens with zero attached hydrogens (tertiary/aromatic N) is 1. The van der Waals surface area contributed by atoms with E-state index in [4.69, 9.17) is 4.74 Å². The number of rotatable bonds is 6. The maximum absolute atomic E-state index is 12.2. The van der Waals surface area contributed by atoms with E-state index in [0.717, 1.165) is 56.2 Å². The first-order chi connectivity index (χ1) is 10.2. The summed E-state index contributed by atoms with van der Waals surface area (Å²) in [7, 11) is 0. The molecule has 0 aromatic heterocycles. The van der Waals surface area contributed by atoms with Gasteiger partial charge >= 0.3 is 0 Å². The number of aryl methyl sites for hydroxylation is 1. The van der Waals surface area contributed by atoms with Gasteiger partial charge in [0.15, 0.2) is 0 Å². The molecule has 2 rings (SSSR count). The first-order valence-corrected chi connectivity index (χ1v) is 7.63. The average Bonchev–Trinajstić information content (AvgIpc) is 2.48. The molecule has 1 aliphatic rings. The summed E-state index contributed by atoms with van der Waals surface area (Å²) in [5.74, 6) is 0.00353. The molecule has 2 N–H and O–H groups in total. The molecule has 5 nitrogen and oxygen atoms in total. The molecule has 0 bridgehead atoms. The third-order valence-electron chi connectivity index (χ3n) is 3.67. The molecule has 116 valence electrons. The molecule has 5 heteroatoms. The monoisotopic (exact) mass is 291 g/mol. The van der Waals surface area contributed by atoms with Crippen molar-refractivity contribution in [1.29, 1.82) is 0 Å². The van der Waals surface area contributed by atoms with Crippen molar-refractivity contribution in [2.45, 2.75) is 13.8 Å². The molecule has 1 aromatic carbocycles. The second-order valence-electron chi connectivity index (χ2n) is 5.27. The summed E-state index contributed by atoms with van der Waals surface area (Å²) in [4.78, 5) is 14.5. The summed E-state index contributed by atoms with van der Waals surface area (Å²) in [6.45, 7) is 9.94. The molecule has 0 spiro atoms. The number of hydrogen-bond acceptors (Lipinski definition) is 4. The molecule has 1 fully saturated rings. The van der Waals surface area contributed by atoms with E-state index >= 15 is 0 Å². The van der Waals surface area contributed by atoms with Crippen molar-refractivity contribution >= 4 is 11.6 Å². The van der Waals surface area contributed by atoms with Crippen molar-refractivity contribution in [3.05, 3.63) is 29.3 Å². The fourth-order valence-corrected chi connectivity index (χ4v) is 2.48. The Kier molecular flexibility index (Phi) is 6.02. The summed E-state index contributed by atoms with van der Waals surface area (Å²) in [6, 6.07) is 5.85. The van der Waals surface area contributed by atoms with Gasteiger partial charge in [0.25, 0.3) is 5.91 Å². The highest BCUT2D eigenvalue weighted by atomic mass is 16.5. The Morgan fingerprint density at radius 2 is 2.10 bits per heavy atom. The standard InChI is InChI=1S/C16H25N3O2/c1-3-17-14-4-5-15(13(2)12-14)16(20)18-6-7-19-8-10-21-11-9-19/h4-5,12,17H,3,6-11H2,1-2H3,(H,18,20). The van der Waals surface area contributed by atoms with E-state index in [1.54, 1.807) is 0 Å². The number of benzene rings is 1. The lowest BCUT2D eigenvalue weighted by Crippen LogP contribution is -2.41. The van der Waals surface area contributed by atoms with Crippen LogP contribution in [0.25, 0.3) is 0 Å². The SMILES string of the molecule is CCNc1ccc(C(=O)NCCN2CCOCC2)c(C)c1. The van der Waals surface area contributed by atoms with Crippen LogP contribution in [-0.4, -0.2) is 56.7 Å². The molecule has 0 unspecified atom stereocenters. The second-order valence-corrected chi connectivity index (χ2v) is 5.27. The number of hydrogen-bond donors (Lipinski definition) is 2. The molecule has 0 radical (unpaired) electrons. The number of nitrogens with one attached hydrogen (secondary N) is 2. The minimum absolute atomic E-state index is 0.00353. The Hall–Kier alpha value is -1.59. The molecule has 0 saturated carbocycles. The maximum atomic E-state index is 12.2. The Labute approximate surface area is 126 Å². The quantitative estimate of drug-likeness (QED) is 0.834. The third-order valence-corrected chi connectivity index (χ3v) is 3.67. The fourth-order valence-electron chi connectivity index (χ4n) is 2.48. The van der Waals surface area contributed by atoms with Gasteiger partial charge in [-0.25, -0.2) is 0 Å². The minimum Gasteiger partial charge on any atom is -0.385 e. The Bertz CT molecular complexity index is 471. The zero-order chi connectivity index (χ0) is 15.1. The third kappa shape index (κ3) is 4.72. The van der Waals surface area contributed by atoms with E-state index < -0.39 is 0 Å². The van der Waals surface area contributed by atoms with Gasteiger partial charge in [-0.05, 0) is 37.6 Å². The van der Waals surface area contributed by atoms with Gasteiger partial charge in [0.1, 0.15) is 0 Å². The average molecular weight is 291 g/mol. The Balaban J connectivity index is 1.82. The molecule has 0 atom stereocenters. The van der Waals surface area contributed by atoms with Crippen LogP contribution < -0.4 is 10.6 Å². The first kappa shape index (κ1) is 15.8. The van der Waals surface area contributed by atoms with Crippen LogP contribution in [0.15, 0.2) is 18.2 Å². The molecule has 1 amide bonds. The summed E-state index contributed by atoms with van der Waals surface area (Å²) in [5, 5.41) is 6.25. The minimum atomic E-state index is 0.00353. The highest BCUT2D eigenvalue weighted by Crippen LogP contribution is 2.14. The van der Waals surface area contributed by atoms with Crippen LogP contribution in [0.4, 0.5) is 5.69 Å². The summed E-state index contributed by atoms with van der Waals surface area (Å²) < 4.78 is 5.31. The summed E-state index contributed by atoms with van der Waals surface area (Å²) in [6.07, 6.45) is 0. The summed E-state index contributed by atoms with van der Waals surface area (Å²) >= 11 is 0. The lowest BCUT2D eigenvalue weighted by Gasteiger charge is -2.26. The largest absolute Gasteiger partial charge is 0.385 e. The van der Waals surface area contributed by atoms with E-state index in [0.29, 0.717) is 6.54 Å². The molecule has 1 saturated heterocycles. The molecule has 1 heterocycles. The molecule has 1 aromatic rings. The van der Waals surface area contributed by atoms with E-state index in [2.05, 4.69) is 22.5 Å². The smallest absolute Gasteiger partial charge is 0.251 e. The number of anilines is 1. The van der Waals surface area contributed by atoms with Crippen molar-refractivity contribution in [3.8, 4) is 0 Å². The van der Waals surface area contributed by atoms with Crippen LogP contribution >= 0.6 is 0 Å². The molecule has 1 aliphatic heterocycles. The van der Waals surface area contributed by atoms with E-state index in [1.807, 2.05) is 25.1 Å².